The van der Waals surface area contributed by atoms with Gasteiger partial charge in [-0.25, -0.2) is 4.68 Å². The van der Waals surface area contributed by atoms with Crippen molar-refractivity contribution in [3.63, 3.8) is 0 Å². The van der Waals surface area contributed by atoms with Crippen LogP contribution in [0.3, 0.4) is 0 Å². The molecule has 124 valence electrons. The van der Waals surface area contributed by atoms with E-state index < -0.39 is 6.10 Å². The molecular formula is C17H16ClN3O3. The van der Waals surface area contributed by atoms with Crippen LogP contribution in [0.4, 0.5) is 5.82 Å². The minimum absolute atomic E-state index is 0.295. The van der Waals surface area contributed by atoms with Crippen LogP contribution in [0.15, 0.2) is 59.3 Å². The molecule has 2 heterocycles. The average molecular weight is 346 g/mol. The first-order valence-electron chi connectivity index (χ1n) is 7.40. The highest BCUT2D eigenvalue weighted by atomic mass is 35.5. The van der Waals surface area contributed by atoms with E-state index in [2.05, 4.69) is 10.4 Å². The minimum Gasteiger partial charge on any atom is -0.479 e. The van der Waals surface area contributed by atoms with Crippen LogP contribution in [0, 0.1) is 0 Å². The first-order chi connectivity index (χ1) is 11.6. The fourth-order valence-electron chi connectivity index (χ4n) is 2.13. The maximum atomic E-state index is 12.3. The fraction of sp³-hybridized carbons (Fsp3) is 0.176. The van der Waals surface area contributed by atoms with E-state index in [9.17, 15) is 4.79 Å². The van der Waals surface area contributed by atoms with Gasteiger partial charge in [-0.3, -0.25) is 4.79 Å². The summed E-state index contributed by atoms with van der Waals surface area (Å²) in [6.45, 7) is 2.08. The van der Waals surface area contributed by atoms with Gasteiger partial charge in [-0.15, -0.1) is 0 Å². The Kier molecular flexibility index (Phi) is 4.86. The normalized spacial score (nSPS) is 11.9. The van der Waals surface area contributed by atoms with Crippen LogP contribution in [0.2, 0.25) is 5.02 Å². The first-order valence-corrected chi connectivity index (χ1v) is 7.77. The summed E-state index contributed by atoms with van der Waals surface area (Å²) in [6, 6.07) is 12.4. The zero-order chi connectivity index (χ0) is 16.9. The second kappa shape index (κ2) is 7.23. The first kappa shape index (κ1) is 16.1. The van der Waals surface area contributed by atoms with Gasteiger partial charge in [-0.05, 0) is 31.2 Å². The van der Waals surface area contributed by atoms with Gasteiger partial charge in [0.05, 0.1) is 17.5 Å². The molecule has 1 amide bonds. The van der Waals surface area contributed by atoms with Crippen LogP contribution in [-0.4, -0.2) is 21.8 Å². The van der Waals surface area contributed by atoms with Gasteiger partial charge in [0.2, 0.25) is 0 Å². The van der Waals surface area contributed by atoms with E-state index in [1.807, 2.05) is 6.07 Å². The highest BCUT2D eigenvalue weighted by molar-refractivity contribution is 6.32. The van der Waals surface area contributed by atoms with Crippen LogP contribution in [0.1, 0.15) is 12.7 Å². The number of benzene rings is 1. The molecule has 0 saturated heterocycles. The number of hydrogen-bond acceptors (Lipinski definition) is 4. The molecule has 0 bridgehead atoms. The molecule has 0 spiro atoms. The molecule has 3 aromatic rings. The van der Waals surface area contributed by atoms with Gasteiger partial charge >= 0.3 is 0 Å². The standard InChI is InChI=1S/C17H16ClN3O3/c1-12(24-15-7-3-2-6-14(15)18)17(22)20-16-8-9-19-21(16)11-13-5-4-10-23-13/h2-10,12H,11H2,1H3,(H,20,22). The number of halogens is 1. The number of anilines is 1. The number of amides is 1. The number of nitrogens with zero attached hydrogens (tertiary/aromatic N) is 2. The van der Waals surface area contributed by atoms with Crippen LogP contribution < -0.4 is 10.1 Å². The van der Waals surface area contributed by atoms with Crippen molar-refractivity contribution >= 4 is 23.3 Å². The van der Waals surface area contributed by atoms with Crippen molar-refractivity contribution in [1.29, 1.82) is 0 Å². The molecule has 1 N–H and O–H groups in total. The van der Waals surface area contributed by atoms with Crippen molar-refractivity contribution in [3.05, 3.63) is 65.7 Å². The Morgan fingerprint density at radius 2 is 2.17 bits per heavy atom. The van der Waals surface area contributed by atoms with Crippen molar-refractivity contribution in [2.24, 2.45) is 0 Å². The molecule has 1 aromatic carbocycles. The Labute approximate surface area is 144 Å². The molecule has 24 heavy (non-hydrogen) atoms. The van der Waals surface area contributed by atoms with Crippen molar-refractivity contribution in [2.75, 3.05) is 5.32 Å². The van der Waals surface area contributed by atoms with E-state index in [1.54, 1.807) is 60.5 Å². The summed E-state index contributed by atoms with van der Waals surface area (Å²) in [4.78, 5) is 12.3. The topological polar surface area (TPSA) is 69.3 Å². The molecule has 0 fully saturated rings. The molecule has 1 unspecified atom stereocenters. The third-order valence-electron chi connectivity index (χ3n) is 3.36. The second-order valence-corrected chi connectivity index (χ2v) is 5.54. The predicted octanol–water partition coefficient (Wildman–Crippen LogP) is 3.58. The fourth-order valence-corrected chi connectivity index (χ4v) is 2.31. The van der Waals surface area contributed by atoms with Crippen molar-refractivity contribution in [2.45, 2.75) is 19.6 Å². The zero-order valence-corrected chi connectivity index (χ0v) is 13.7. The third-order valence-corrected chi connectivity index (χ3v) is 3.68. The van der Waals surface area contributed by atoms with Gasteiger partial charge in [0.25, 0.3) is 5.91 Å². The van der Waals surface area contributed by atoms with Gasteiger partial charge < -0.3 is 14.5 Å². The van der Waals surface area contributed by atoms with E-state index in [0.29, 0.717) is 23.1 Å². The van der Waals surface area contributed by atoms with E-state index in [-0.39, 0.29) is 5.91 Å². The number of hydrogen-bond donors (Lipinski definition) is 1. The summed E-state index contributed by atoms with van der Waals surface area (Å²) in [5.41, 5.74) is 0. The Bertz CT molecular complexity index is 814. The summed E-state index contributed by atoms with van der Waals surface area (Å²) < 4.78 is 12.5. The molecule has 0 radical (unpaired) electrons. The molecule has 0 aliphatic heterocycles. The summed E-state index contributed by atoms with van der Waals surface area (Å²) in [5.74, 6) is 1.47. The van der Waals surface area contributed by atoms with E-state index in [0.717, 1.165) is 5.76 Å². The number of aromatic nitrogens is 2. The summed E-state index contributed by atoms with van der Waals surface area (Å²) in [7, 11) is 0. The summed E-state index contributed by atoms with van der Waals surface area (Å²) in [5, 5.41) is 7.43. The second-order valence-electron chi connectivity index (χ2n) is 5.13. The molecule has 3 rings (SSSR count). The minimum atomic E-state index is -0.711. The lowest BCUT2D eigenvalue weighted by Crippen LogP contribution is -2.31. The van der Waals surface area contributed by atoms with Gasteiger partial charge in [-0.2, -0.15) is 5.10 Å². The Hall–Kier alpha value is -2.73. The van der Waals surface area contributed by atoms with Crippen molar-refractivity contribution in [3.8, 4) is 5.75 Å². The molecule has 0 saturated carbocycles. The zero-order valence-electron chi connectivity index (χ0n) is 13.0. The van der Waals surface area contributed by atoms with E-state index in [1.165, 1.54) is 0 Å². The molecule has 0 aliphatic rings. The molecule has 0 aliphatic carbocycles. The molecular weight excluding hydrogens is 330 g/mol. The number of para-hydroxylation sites is 1. The smallest absolute Gasteiger partial charge is 0.266 e. The lowest BCUT2D eigenvalue weighted by atomic mass is 10.3. The van der Waals surface area contributed by atoms with Crippen molar-refractivity contribution < 1.29 is 13.9 Å². The van der Waals surface area contributed by atoms with Crippen molar-refractivity contribution in [1.82, 2.24) is 9.78 Å². The average Bonchev–Trinajstić information content (AvgIpc) is 3.22. The van der Waals surface area contributed by atoms with Gasteiger partial charge in [-0.1, -0.05) is 23.7 Å². The predicted molar refractivity (Wildman–Crippen MR) is 90.2 cm³/mol. The number of carbonyl (C=O) groups is 1. The maximum absolute atomic E-state index is 12.3. The Morgan fingerprint density at radius 1 is 1.33 bits per heavy atom. The monoisotopic (exact) mass is 345 g/mol. The lowest BCUT2D eigenvalue weighted by Gasteiger charge is -2.16. The number of carbonyl (C=O) groups excluding carboxylic acids is 1. The highest BCUT2D eigenvalue weighted by Gasteiger charge is 2.18. The summed E-state index contributed by atoms with van der Waals surface area (Å²) in [6.07, 6.45) is 2.49. The molecule has 7 heteroatoms. The van der Waals surface area contributed by atoms with Crippen LogP contribution in [-0.2, 0) is 11.3 Å². The molecule has 1 atom stereocenters. The maximum Gasteiger partial charge on any atom is 0.266 e. The Balaban J connectivity index is 1.64. The van der Waals surface area contributed by atoms with Crippen LogP contribution in [0.5, 0.6) is 5.75 Å². The van der Waals surface area contributed by atoms with Gasteiger partial charge in [0.15, 0.2) is 6.10 Å². The largest absolute Gasteiger partial charge is 0.479 e. The quantitative estimate of drug-likeness (QED) is 0.741. The summed E-state index contributed by atoms with van der Waals surface area (Å²) >= 11 is 6.04. The van der Waals surface area contributed by atoms with E-state index >= 15 is 0 Å². The number of rotatable bonds is 6. The SMILES string of the molecule is CC(Oc1ccccc1Cl)C(=O)Nc1ccnn1Cc1ccco1. The van der Waals surface area contributed by atoms with Gasteiger partial charge in [0, 0.05) is 6.07 Å². The Morgan fingerprint density at radius 3 is 2.92 bits per heavy atom. The van der Waals surface area contributed by atoms with E-state index in [4.69, 9.17) is 20.8 Å². The van der Waals surface area contributed by atoms with Crippen LogP contribution >= 0.6 is 11.6 Å². The number of nitrogens with one attached hydrogen (secondary N) is 1. The number of furan rings is 1. The number of ether oxygens (including phenoxy) is 1. The van der Waals surface area contributed by atoms with Gasteiger partial charge in [0.1, 0.15) is 23.9 Å². The molecule has 6 nitrogen and oxygen atoms in total. The van der Waals surface area contributed by atoms with Crippen LogP contribution in [0.25, 0.3) is 0 Å². The lowest BCUT2D eigenvalue weighted by molar-refractivity contribution is -0.122. The third kappa shape index (κ3) is 3.78. The highest BCUT2D eigenvalue weighted by Crippen LogP contribution is 2.24. The molecule has 2 aromatic heterocycles.